The van der Waals surface area contributed by atoms with Gasteiger partial charge in [-0.1, -0.05) is 17.8 Å². The molecule has 2 heterocycles. The van der Waals surface area contributed by atoms with Crippen molar-refractivity contribution >= 4 is 5.97 Å². The molecule has 7 heteroatoms. The van der Waals surface area contributed by atoms with Crippen LogP contribution in [0, 0.1) is 6.92 Å². The molecule has 0 radical (unpaired) electrons. The first kappa shape index (κ1) is 16.4. The van der Waals surface area contributed by atoms with Gasteiger partial charge in [0, 0.05) is 23.4 Å². The number of carbonyl (C=O) groups is 1. The molecule has 0 atom stereocenters. The van der Waals surface area contributed by atoms with Crippen LogP contribution in [-0.4, -0.2) is 26.2 Å². The zero-order valence-corrected chi connectivity index (χ0v) is 13.5. The Morgan fingerprint density at radius 2 is 2.00 bits per heavy atom. The Morgan fingerprint density at radius 1 is 1.24 bits per heavy atom. The third-order valence-corrected chi connectivity index (χ3v) is 3.35. The van der Waals surface area contributed by atoms with Crippen LogP contribution in [0.15, 0.2) is 59.3 Å². The number of carboxylic acid groups (broad SMARTS) is 1. The van der Waals surface area contributed by atoms with Gasteiger partial charge < -0.3 is 14.4 Å². The molecule has 0 bridgehead atoms. The molecule has 126 valence electrons. The molecule has 0 amide bonds. The summed E-state index contributed by atoms with van der Waals surface area (Å²) in [5.74, 6) is 0.612. The first-order valence-corrected chi connectivity index (χ1v) is 7.46. The maximum absolute atomic E-state index is 10.8. The molecule has 0 saturated carbocycles. The lowest BCUT2D eigenvalue weighted by molar-refractivity contribution is -0.132. The molecule has 0 aliphatic rings. The fourth-order valence-corrected chi connectivity index (χ4v) is 2.01. The fourth-order valence-electron chi connectivity index (χ4n) is 2.01. The second-order valence-corrected chi connectivity index (χ2v) is 5.40. The van der Waals surface area contributed by atoms with Crippen molar-refractivity contribution in [1.82, 2.24) is 15.1 Å². The number of nitrogens with zero attached hydrogens (tertiary/aromatic N) is 3. The van der Waals surface area contributed by atoms with Gasteiger partial charge in [0.05, 0.1) is 6.42 Å². The number of aryl methyl sites for hydroxylation is 1. The number of aromatic nitrogens is 3. The summed E-state index contributed by atoms with van der Waals surface area (Å²) in [4.78, 5) is 19.1. The molecule has 0 spiro atoms. The number of rotatable bonds is 6. The SMILES string of the molecule is C=C(Cc1nc(-c2ccc(Oc3ccc(C)cn3)cc2)no1)C(=O)O. The summed E-state index contributed by atoms with van der Waals surface area (Å²) >= 11 is 0. The van der Waals surface area contributed by atoms with Crippen molar-refractivity contribution in [2.45, 2.75) is 13.3 Å². The van der Waals surface area contributed by atoms with Gasteiger partial charge in [-0.3, -0.25) is 0 Å². The van der Waals surface area contributed by atoms with Gasteiger partial charge in [0.1, 0.15) is 5.75 Å². The second-order valence-electron chi connectivity index (χ2n) is 5.40. The fraction of sp³-hybridized carbons (Fsp3) is 0.111. The van der Waals surface area contributed by atoms with E-state index >= 15 is 0 Å². The Hall–Kier alpha value is -3.48. The molecule has 3 rings (SSSR count). The summed E-state index contributed by atoms with van der Waals surface area (Å²) in [6.07, 6.45) is 1.73. The highest BCUT2D eigenvalue weighted by atomic mass is 16.5. The van der Waals surface area contributed by atoms with Crippen LogP contribution in [0.2, 0.25) is 0 Å². The Bertz CT molecular complexity index is 899. The lowest BCUT2D eigenvalue weighted by atomic mass is 10.2. The molecule has 1 aromatic carbocycles. The average molecular weight is 337 g/mol. The van der Waals surface area contributed by atoms with E-state index in [-0.39, 0.29) is 17.9 Å². The monoisotopic (exact) mass is 337 g/mol. The third-order valence-electron chi connectivity index (χ3n) is 3.35. The molecule has 0 fully saturated rings. The van der Waals surface area contributed by atoms with Crippen molar-refractivity contribution in [1.29, 1.82) is 0 Å². The molecule has 0 aliphatic carbocycles. The van der Waals surface area contributed by atoms with Crippen LogP contribution in [0.4, 0.5) is 0 Å². The summed E-state index contributed by atoms with van der Waals surface area (Å²) in [7, 11) is 0. The zero-order valence-electron chi connectivity index (χ0n) is 13.5. The van der Waals surface area contributed by atoms with Crippen molar-refractivity contribution in [2.75, 3.05) is 0 Å². The lowest BCUT2D eigenvalue weighted by Gasteiger charge is -2.05. The molecule has 1 N–H and O–H groups in total. The van der Waals surface area contributed by atoms with Crippen molar-refractivity contribution in [2.24, 2.45) is 0 Å². The van der Waals surface area contributed by atoms with Crippen LogP contribution >= 0.6 is 0 Å². The van der Waals surface area contributed by atoms with E-state index in [0.29, 0.717) is 17.5 Å². The molecule has 0 aliphatic heterocycles. The number of aliphatic carboxylic acids is 1. The second kappa shape index (κ2) is 6.96. The normalized spacial score (nSPS) is 10.4. The number of pyridine rings is 1. The average Bonchev–Trinajstić information content (AvgIpc) is 3.06. The van der Waals surface area contributed by atoms with Gasteiger partial charge in [0.25, 0.3) is 0 Å². The highest BCUT2D eigenvalue weighted by Crippen LogP contribution is 2.23. The van der Waals surface area contributed by atoms with Gasteiger partial charge in [-0.2, -0.15) is 4.98 Å². The van der Waals surface area contributed by atoms with E-state index in [2.05, 4.69) is 21.7 Å². The van der Waals surface area contributed by atoms with Crippen LogP contribution < -0.4 is 4.74 Å². The lowest BCUT2D eigenvalue weighted by Crippen LogP contribution is -2.02. The maximum atomic E-state index is 10.8. The number of ether oxygens (including phenoxy) is 1. The van der Waals surface area contributed by atoms with Crippen LogP contribution in [-0.2, 0) is 11.2 Å². The standard InChI is InChI=1S/C18H15N3O4/c1-11-3-8-15(19-10-11)24-14-6-4-13(5-7-14)17-20-16(25-21-17)9-12(2)18(22)23/h3-8,10H,2,9H2,1H3,(H,22,23). The summed E-state index contributed by atoms with van der Waals surface area (Å²) in [5.41, 5.74) is 1.77. The van der Waals surface area contributed by atoms with Gasteiger partial charge in [-0.05, 0) is 36.8 Å². The molecule has 0 unspecified atom stereocenters. The predicted octanol–water partition coefficient (Wildman–Crippen LogP) is 3.42. The van der Waals surface area contributed by atoms with E-state index in [9.17, 15) is 4.79 Å². The predicted molar refractivity (Wildman–Crippen MR) is 89.3 cm³/mol. The van der Waals surface area contributed by atoms with E-state index in [0.717, 1.165) is 11.1 Å². The zero-order chi connectivity index (χ0) is 17.8. The van der Waals surface area contributed by atoms with Crippen molar-refractivity contribution in [3.63, 3.8) is 0 Å². The van der Waals surface area contributed by atoms with Crippen LogP contribution in [0.25, 0.3) is 11.4 Å². The summed E-state index contributed by atoms with van der Waals surface area (Å²) in [6, 6.07) is 10.8. The van der Waals surface area contributed by atoms with Gasteiger partial charge >= 0.3 is 5.97 Å². The smallest absolute Gasteiger partial charge is 0.331 e. The molecule has 7 nitrogen and oxygen atoms in total. The van der Waals surface area contributed by atoms with E-state index in [1.165, 1.54) is 0 Å². The molecule has 2 aromatic heterocycles. The van der Waals surface area contributed by atoms with Crippen molar-refractivity contribution in [3.8, 4) is 23.0 Å². The van der Waals surface area contributed by atoms with Crippen LogP contribution in [0.5, 0.6) is 11.6 Å². The summed E-state index contributed by atoms with van der Waals surface area (Å²) in [6.45, 7) is 5.39. The number of carboxylic acids is 1. The quantitative estimate of drug-likeness (QED) is 0.688. The van der Waals surface area contributed by atoms with E-state index in [4.69, 9.17) is 14.4 Å². The Balaban J connectivity index is 1.70. The molecule has 0 saturated heterocycles. The van der Waals surface area contributed by atoms with Crippen molar-refractivity contribution in [3.05, 3.63) is 66.2 Å². The van der Waals surface area contributed by atoms with E-state index in [1.807, 2.05) is 13.0 Å². The van der Waals surface area contributed by atoms with Crippen LogP contribution in [0.3, 0.4) is 0 Å². The van der Waals surface area contributed by atoms with Crippen LogP contribution in [0.1, 0.15) is 11.5 Å². The Labute approximate surface area is 143 Å². The molecule has 3 aromatic rings. The molecule has 25 heavy (non-hydrogen) atoms. The van der Waals surface area contributed by atoms with E-state index in [1.54, 1.807) is 36.5 Å². The largest absolute Gasteiger partial charge is 0.478 e. The Kier molecular flexibility index (Phi) is 4.56. The number of hydrogen-bond acceptors (Lipinski definition) is 6. The van der Waals surface area contributed by atoms with Gasteiger partial charge in [-0.25, -0.2) is 9.78 Å². The summed E-state index contributed by atoms with van der Waals surface area (Å²) < 4.78 is 10.7. The summed E-state index contributed by atoms with van der Waals surface area (Å²) in [5, 5.41) is 12.7. The minimum absolute atomic E-state index is 0.00260. The highest BCUT2D eigenvalue weighted by Gasteiger charge is 2.13. The first-order chi connectivity index (χ1) is 12.0. The minimum Gasteiger partial charge on any atom is -0.478 e. The number of hydrogen-bond donors (Lipinski definition) is 1. The molecular weight excluding hydrogens is 322 g/mol. The highest BCUT2D eigenvalue weighted by molar-refractivity contribution is 5.86. The minimum atomic E-state index is -1.09. The number of benzene rings is 1. The van der Waals surface area contributed by atoms with Crippen molar-refractivity contribution < 1.29 is 19.2 Å². The molecular formula is C18H15N3O4. The van der Waals surface area contributed by atoms with E-state index < -0.39 is 5.97 Å². The van der Waals surface area contributed by atoms with Gasteiger partial charge in [0.15, 0.2) is 0 Å². The van der Waals surface area contributed by atoms with Gasteiger partial charge in [0.2, 0.25) is 17.6 Å². The third kappa shape index (κ3) is 4.08. The van der Waals surface area contributed by atoms with Gasteiger partial charge in [-0.15, -0.1) is 0 Å². The first-order valence-electron chi connectivity index (χ1n) is 7.46. The Morgan fingerprint density at radius 3 is 2.64 bits per heavy atom. The maximum Gasteiger partial charge on any atom is 0.331 e. The topological polar surface area (TPSA) is 98.3 Å².